The topological polar surface area (TPSA) is 112 Å². The van der Waals surface area contributed by atoms with E-state index in [4.69, 9.17) is 23.2 Å². The molecule has 36 heavy (non-hydrogen) atoms. The van der Waals surface area contributed by atoms with Crippen molar-refractivity contribution in [3.8, 4) is 0 Å². The van der Waals surface area contributed by atoms with Gasteiger partial charge in [-0.25, -0.2) is 0 Å². The number of hydrogen-bond acceptors (Lipinski definition) is 6. The van der Waals surface area contributed by atoms with E-state index in [2.05, 4.69) is 19.1 Å². The molecule has 0 amide bonds. The number of aryl methyl sites for hydroxylation is 1. The van der Waals surface area contributed by atoms with Crippen LogP contribution in [0.3, 0.4) is 0 Å². The Morgan fingerprint density at radius 1 is 1.06 bits per heavy atom. The average molecular weight is 568 g/mol. The SMILES string of the molecule is CCC(=Cc1sc2ccc(Cl)cc2[n+]1CCC(=O)O)C=C1Sc2ccc(Cl)cc2N1CCC(=O)O.[OH-]. The fourth-order valence-corrected chi connectivity index (χ4v) is 6.43. The van der Waals surface area contributed by atoms with Crippen LogP contribution in [-0.2, 0) is 16.1 Å². The van der Waals surface area contributed by atoms with Crippen LogP contribution >= 0.6 is 46.3 Å². The molecule has 0 fully saturated rings. The molecule has 1 aliphatic heterocycles. The van der Waals surface area contributed by atoms with E-state index in [1.165, 1.54) is 0 Å². The second-order valence-corrected chi connectivity index (χ2v) is 10.9. The maximum absolute atomic E-state index is 11.3. The van der Waals surface area contributed by atoms with Gasteiger partial charge in [-0.2, -0.15) is 4.57 Å². The maximum Gasteiger partial charge on any atom is 0.309 e. The van der Waals surface area contributed by atoms with Gasteiger partial charge in [0.2, 0.25) is 5.52 Å². The van der Waals surface area contributed by atoms with Gasteiger partial charge in [-0.15, -0.1) is 0 Å². The molecule has 0 spiro atoms. The summed E-state index contributed by atoms with van der Waals surface area (Å²) >= 11 is 15.6. The third kappa shape index (κ3) is 6.41. The summed E-state index contributed by atoms with van der Waals surface area (Å²) in [6.45, 7) is 2.72. The summed E-state index contributed by atoms with van der Waals surface area (Å²) in [5.74, 6) is -1.72. The van der Waals surface area contributed by atoms with Crippen LogP contribution in [0.4, 0.5) is 5.69 Å². The summed E-state index contributed by atoms with van der Waals surface area (Å²) in [4.78, 5) is 25.6. The van der Waals surface area contributed by atoms with E-state index in [0.717, 1.165) is 42.8 Å². The van der Waals surface area contributed by atoms with Crippen molar-refractivity contribution in [3.05, 3.63) is 68.1 Å². The van der Waals surface area contributed by atoms with Gasteiger partial charge in [0.1, 0.15) is 11.1 Å². The minimum atomic E-state index is -0.862. The lowest BCUT2D eigenvalue weighted by Crippen LogP contribution is -2.36. The number of carbonyl (C=O) groups is 2. The largest absolute Gasteiger partial charge is 0.870 e. The molecule has 0 bridgehead atoms. The number of allylic oxidation sites excluding steroid dienone is 2. The summed E-state index contributed by atoms with van der Waals surface area (Å²) in [5, 5.41) is 21.6. The molecule has 3 N–H and O–H groups in total. The molecule has 190 valence electrons. The van der Waals surface area contributed by atoms with Crippen LogP contribution in [0, 0.1) is 0 Å². The van der Waals surface area contributed by atoms with E-state index in [9.17, 15) is 19.8 Å². The normalized spacial score (nSPS) is 14.2. The molecule has 11 heteroatoms. The third-order valence-electron chi connectivity index (χ3n) is 5.51. The molecule has 1 aromatic heterocycles. The van der Waals surface area contributed by atoms with E-state index < -0.39 is 11.9 Å². The Kier molecular flexibility index (Phi) is 9.43. The monoisotopic (exact) mass is 566 g/mol. The summed E-state index contributed by atoms with van der Waals surface area (Å²) in [6, 6.07) is 11.3. The van der Waals surface area contributed by atoms with Crippen LogP contribution in [0.1, 0.15) is 31.2 Å². The van der Waals surface area contributed by atoms with E-state index in [-0.39, 0.29) is 18.3 Å². The average Bonchev–Trinajstić information content (AvgIpc) is 3.31. The number of aliphatic carboxylic acids is 2. The molecule has 0 saturated heterocycles. The molecule has 0 aliphatic carbocycles. The molecular formula is C25H24Cl2N2O5S2. The van der Waals surface area contributed by atoms with Gasteiger partial charge in [-0.3, -0.25) is 9.59 Å². The van der Waals surface area contributed by atoms with Crippen molar-refractivity contribution in [2.75, 3.05) is 11.4 Å². The van der Waals surface area contributed by atoms with Crippen LogP contribution in [0.25, 0.3) is 16.3 Å². The number of rotatable bonds is 9. The Hall–Kier alpha value is -2.56. The van der Waals surface area contributed by atoms with Gasteiger partial charge in [-0.05, 0) is 48.4 Å². The number of halogens is 2. The number of fused-ring (bicyclic) bond motifs is 2. The molecule has 0 unspecified atom stereocenters. The second kappa shape index (κ2) is 12.1. The molecule has 4 rings (SSSR count). The number of hydrogen-bond donors (Lipinski definition) is 2. The van der Waals surface area contributed by atoms with E-state index in [1.54, 1.807) is 23.1 Å². The fraction of sp³-hybridized carbons (Fsp3) is 0.240. The third-order valence-corrected chi connectivity index (χ3v) is 8.20. The van der Waals surface area contributed by atoms with Crippen molar-refractivity contribution in [3.63, 3.8) is 0 Å². The number of thioether (sulfide) groups is 1. The Labute approximate surface area is 226 Å². The van der Waals surface area contributed by atoms with Crippen LogP contribution in [-0.4, -0.2) is 34.2 Å². The smallest absolute Gasteiger partial charge is 0.309 e. The standard InChI is InChI=1S/C25H22Cl2N2O4S2.H2O/c1-2-15(11-22-28(9-7-24(30)31)18-13-16(26)3-5-20(18)34-22)12-23-29(10-8-25(32)33)19-14-17(27)4-6-21(19)35-23;/h3-6,11-14H,2,7-10H2,1H3,(H-,30,31,32,33);1H2. The summed E-state index contributed by atoms with van der Waals surface area (Å²) < 4.78 is 3.02. The van der Waals surface area contributed by atoms with Gasteiger partial charge in [0, 0.05) is 33.6 Å². The minimum Gasteiger partial charge on any atom is -0.870 e. The molecule has 0 radical (unpaired) electrons. The van der Waals surface area contributed by atoms with Crippen molar-refractivity contribution in [2.45, 2.75) is 37.6 Å². The molecule has 3 aromatic rings. The molecule has 2 heterocycles. The molecular weight excluding hydrogens is 543 g/mol. The number of carboxylic acid groups (broad SMARTS) is 2. The van der Waals surface area contributed by atoms with Crippen LogP contribution < -0.4 is 9.47 Å². The van der Waals surface area contributed by atoms with Gasteiger partial charge >= 0.3 is 11.9 Å². The first-order valence-electron chi connectivity index (χ1n) is 11.0. The van der Waals surface area contributed by atoms with Crippen molar-refractivity contribution < 1.29 is 29.8 Å². The van der Waals surface area contributed by atoms with Crippen LogP contribution in [0.15, 0.2) is 58.0 Å². The number of anilines is 1. The van der Waals surface area contributed by atoms with E-state index >= 15 is 0 Å². The zero-order valence-electron chi connectivity index (χ0n) is 19.3. The predicted octanol–water partition coefficient (Wildman–Crippen LogP) is 6.52. The van der Waals surface area contributed by atoms with Gasteiger partial charge in [-0.1, -0.05) is 53.2 Å². The van der Waals surface area contributed by atoms with Crippen LogP contribution in [0.2, 0.25) is 10.0 Å². The van der Waals surface area contributed by atoms with Gasteiger partial charge in [0.15, 0.2) is 6.54 Å². The summed E-state index contributed by atoms with van der Waals surface area (Å²) in [5.41, 5.74) is 2.84. The number of aromatic nitrogens is 1. The summed E-state index contributed by atoms with van der Waals surface area (Å²) in [7, 11) is 0. The lowest BCUT2D eigenvalue weighted by atomic mass is 10.2. The lowest BCUT2D eigenvalue weighted by molar-refractivity contribution is -0.667. The first-order valence-corrected chi connectivity index (χ1v) is 13.4. The highest BCUT2D eigenvalue weighted by atomic mass is 35.5. The molecule has 0 saturated carbocycles. The van der Waals surface area contributed by atoms with Crippen molar-refractivity contribution in [1.29, 1.82) is 0 Å². The minimum absolute atomic E-state index is 0. The molecule has 0 atom stereocenters. The Balaban J connectivity index is 0.00000361. The number of thiazole rings is 1. The Morgan fingerprint density at radius 3 is 2.44 bits per heavy atom. The number of benzene rings is 2. The van der Waals surface area contributed by atoms with Gasteiger partial charge in [0.05, 0.1) is 17.1 Å². The van der Waals surface area contributed by atoms with E-state index in [0.29, 0.717) is 23.1 Å². The quantitative estimate of drug-likeness (QED) is 0.283. The number of carboxylic acids is 2. The predicted molar refractivity (Wildman–Crippen MR) is 144 cm³/mol. The highest BCUT2D eigenvalue weighted by Crippen LogP contribution is 2.47. The van der Waals surface area contributed by atoms with Gasteiger partial charge < -0.3 is 20.6 Å². The molecule has 1 aliphatic rings. The second-order valence-electron chi connectivity index (χ2n) is 7.91. The Morgan fingerprint density at radius 2 is 1.75 bits per heavy atom. The highest BCUT2D eigenvalue weighted by molar-refractivity contribution is 8.03. The van der Waals surface area contributed by atoms with Crippen molar-refractivity contribution >= 4 is 80.2 Å². The maximum atomic E-state index is 11.3. The molecule has 7 nitrogen and oxygen atoms in total. The zero-order valence-corrected chi connectivity index (χ0v) is 22.4. The van der Waals surface area contributed by atoms with E-state index in [1.807, 2.05) is 45.9 Å². The highest BCUT2D eigenvalue weighted by Gasteiger charge is 2.26. The zero-order chi connectivity index (χ0) is 25.1. The Bertz CT molecular complexity index is 1370. The fourth-order valence-electron chi connectivity index (χ4n) is 3.80. The number of nitrogens with zero attached hydrogens (tertiary/aromatic N) is 2. The summed E-state index contributed by atoms with van der Waals surface area (Å²) in [6.07, 6.45) is 4.88. The first kappa shape index (κ1) is 28.0. The lowest BCUT2D eigenvalue weighted by Gasteiger charge is -2.20. The van der Waals surface area contributed by atoms with Crippen LogP contribution in [0.5, 0.6) is 0 Å². The molecule has 2 aromatic carbocycles. The van der Waals surface area contributed by atoms with Crippen molar-refractivity contribution in [1.82, 2.24) is 0 Å². The first-order chi connectivity index (χ1) is 16.7. The van der Waals surface area contributed by atoms with Gasteiger partial charge in [0.25, 0.3) is 5.01 Å². The van der Waals surface area contributed by atoms with Crippen molar-refractivity contribution in [2.24, 2.45) is 0 Å².